The van der Waals surface area contributed by atoms with E-state index in [9.17, 15) is 38.4 Å². The van der Waals surface area contributed by atoms with Gasteiger partial charge in [0.15, 0.2) is 24.8 Å². The second-order valence-corrected chi connectivity index (χ2v) is 14.4. The number of hydrogen-bond acceptors (Lipinski definition) is 11. The van der Waals surface area contributed by atoms with Crippen LogP contribution < -0.4 is 10.6 Å². The molecule has 296 valence electrons. The summed E-state index contributed by atoms with van der Waals surface area (Å²) in [6.45, 7) is 8.12. The number of esters is 2. The van der Waals surface area contributed by atoms with Crippen LogP contribution in [0, 0.1) is 11.8 Å². The number of nitrogens with zero attached hydrogens (tertiary/aromatic N) is 2. The molecule has 15 nitrogen and oxygen atoms in total. The number of ketones is 2. The monoisotopic (exact) mass is 762 g/mol. The molecular weight excluding hydrogens is 712 g/mol. The van der Waals surface area contributed by atoms with Gasteiger partial charge < -0.3 is 34.6 Å². The van der Waals surface area contributed by atoms with Crippen LogP contribution in [-0.4, -0.2) is 115 Å². The zero-order valence-corrected chi connectivity index (χ0v) is 32.1. The van der Waals surface area contributed by atoms with Gasteiger partial charge in [-0.15, -0.1) is 0 Å². The zero-order valence-electron chi connectivity index (χ0n) is 32.1. The van der Waals surface area contributed by atoms with E-state index >= 15 is 0 Å². The summed E-state index contributed by atoms with van der Waals surface area (Å²) in [5.41, 5.74) is 2.13. The first-order valence-electron chi connectivity index (χ1n) is 18.5. The van der Waals surface area contributed by atoms with Crippen LogP contribution >= 0.6 is 0 Å². The summed E-state index contributed by atoms with van der Waals surface area (Å²) in [5.74, 6) is -3.81. The molecule has 4 unspecified atom stereocenters. The number of Topliss-reactive ketones (excluding diaryl/α,β-unsaturated/α-hetero) is 2. The first-order chi connectivity index (χ1) is 26.1. The van der Waals surface area contributed by atoms with E-state index in [4.69, 9.17) is 9.47 Å². The van der Waals surface area contributed by atoms with E-state index in [0.717, 1.165) is 11.1 Å². The van der Waals surface area contributed by atoms with Crippen LogP contribution in [0.3, 0.4) is 0 Å². The van der Waals surface area contributed by atoms with Gasteiger partial charge >= 0.3 is 18.0 Å². The maximum Gasteiger partial charge on any atom is 0.407 e. The van der Waals surface area contributed by atoms with Crippen molar-refractivity contribution in [3.63, 3.8) is 0 Å². The van der Waals surface area contributed by atoms with E-state index in [1.165, 1.54) is 23.8 Å². The number of amides is 4. The van der Waals surface area contributed by atoms with Crippen molar-refractivity contribution in [2.75, 3.05) is 33.4 Å². The van der Waals surface area contributed by atoms with Crippen LogP contribution in [0.2, 0.25) is 0 Å². The van der Waals surface area contributed by atoms with Gasteiger partial charge in [-0.05, 0) is 48.6 Å². The number of alkyl carbamates (subject to hydrolysis) is 1. The number of likely N-dealkylation sites (tertiary alicyclic amines) is 2. The molecule has 0 aliphatic carbocycles. The highest BCUT2D eigenvalue weighted by atomic mass is 16.5. The van der Waals surface area contributed by atoms with Crippen molar-refractivity contribution in [2.45, 2.75) is 84.5 Å². The molecule has 2 heterocycles. The fraction of sp³-hybridized carbons (Fsp3) is 0.500. The quantitative estimate of drug-likeness (QED) is 0.154. The van der Waals surface area contributed by atoms with Gasteiger partial charge in [-0.1, -0.05) is 76.2 Å². The number of carbonyl (C=O) groups excluding carboxylic acids is 8. The normalized spacial score (nSPS) is 17.7. The maximum absolute atomic E-state index is 13.2. The number of methoxy groups -OCH3 is 1. The number of nitrogens with one attached hydrogen (secondary N) is 2. The van der Waals surface area contributed by atoms with Crippen LogP contribution in [0.4, 0.5) is 4.79 Å². The van der Waals surface area contributed by atoms with Crippen LogP contribution in [0.1, 0.15) is 81.0 Å². The topological polar surface area (TPSA) is 195 Å². The van der Waals surface area contributed by atoms with Gasteiger partial charge in [0.2, 0.25) is 17.7 Å². The first-order valence-corrected chi connectivity index (χ1v) is 18.5. The van der Waals surface area contributed by atoms with Gasteiger partial charge in [0.1, 0.15) is 24.2 Å². The largest absolute Gasteiger partial charge is 0.456 e. The maximum atomic E-state index is 13.2. The highest BCUT2D eigenvalue weighted by molar-refractivity contribution is 6.00. The van der Waals surface area contributed by atoms with Gasteiger partial charge in [0.05, 0.1) is 7.11 Å². The molecule has 0 saturated carbocycles. The molecule has 2 aliphatic heterocycles. The van der Waals surface area contributed by atoms with Crippen LogP contribution in [-0.2, 0) is 38.2 Å². The Morgan fingerprint density at radius 1 is 0.636 bits per heavy atom. The third-order valence-electron chi connectivity index (χ3n) is 9.74. The van der Waals surface area contributed by atoms with Crippen molar-refractivity contribution in [2.24, 2.45) is 11.8 Å². The summed E-state index contributed by atoms with van der Waals surface area (Å²) in [6.07, 6.45) is 1.17. The average Bonchev–Trinajstić information content (AvgIpc) is 3.87. The van der Waals surface area contributed by atoms with Crippen molar-refractivity contribution >= 4 is 47.3 Å². The summed E-state index contributed by atoms with van der Waals surface area (Å²) in [5, 5.41) is 5.17. The predicted octanol–water partition coefficient (Wildman–Crippen LogP) is 3.33. The molecule has 0 aromatic heterocycles. The minimum absolute atomic E-state index is 0.186. The molecule has 2 fully saturated rings. The second kappa shape index (κ2) is 19.1. The molecule has 0 spiro atoms. The highest BCUT2D eigenvalue weighted by Gasteiger charge is 2.41. The van der Waals surface area contributed by atoms with Crippen LogP contribution in [0.15, 0.2) is 48.5 Å². The predicted molar refractivity (Wildman–Crippen MR) is 199 cm³/mol. The van der Waals surface area contributed by atoms with Crippen LogP contribution in [0.5, 0.6) is 0 Å². The molecule has 2 aromatic carbocycles. The Balaban J connectivity index is 1.28. The van der Waals surface area contributed by atoms with Crippen molar-refractivity contribution in [3.8, 4) is 11.1 Å². The van der Waals surface area contributed by atoms with E-state index < -0.39 is 72.9 Å². The number of ether oxygens (including phenoxy) is 3. The fourth-order valence-corrected chi connectivity index (χ4v) is 6.67. The number of hydrogen-bond donors (Lipinski definition) is 2. The van der Waals surface area contributed by atoms with Gasteiger partial charge in [-0.3, -0.25) is 24.0 Å². The number of benzene rings is 2. The van der Waals surface area contributed by atoms with Crippen molar-refractivity contribution in [1.82, 2.24) is 20.4 Å². The van der Waals surface area contributed by atoms with E-state index in [0.29, 0.717) is 49.9 Å². The minimum atomic E-state index is -0.892. The molecule has 0 radical (unpaired) electrons. The summed E-state index contributed by atoms with van der Waals surface area (Å²) in [4.78, 5) is 104. The Labute approximate surface area is 320 Å². The van der Waals surface area contributed by atoms with Crippen molar-refractivity contribution in [1.29, 1.82) is 0 Å². The standard InChI is InChI=1S/C40H50N4O11/c1-23(2)34(41-25(5)45)36(48)43-19-7-9-30(43)38(50)54-21-32(46)28-15-11-26(12-16-28)27-13-17-29(18-14-27)33(47)22-55-39(51)31-10-8-20-44(31)37(49)35(24(3)4)42-40(52)53-6/h11-18,23-24,30-31,34-35H,7-10,19-22H2,1-6H3,(H,41,45)(H,42,52). The Morgan fingerprint density at radius 2 is 1.02 bits per heavy atom. The van der Waals surface area contributed by atoms with E-state index in [-0.39, 0.29) is 23.7 Å². The average molecular weight is 763 g/mol. The van der Waals surface area contributed by atoms with E-state index in [1.54, 1.807) is 76.2 Å². The smallest absolute Gasteiger partial charge is 0.407 e. The molecule has 2 saturated heterocycles. The molecule has 2 aliphatic rings. The molecule has 0 bridgehead atoms. The Kier molecular flexibility index (Phi) is 14.7. The SMILES string of the molecule is COC(=O)NC(C(=O)N1CCCC1C(=O)OCC(=O)c1ccc(-c2ccc(C(=O)COC(=O)C3CCCN3C(=O)C(NC(C)=O)C(C)C)cc2)cc1)C(C)C. The highest BCUT2D eigenvalue weighted by Crippen LogP contribution is 2.24. The molecule has 4 amide bonds. The number of rotatable bonds is 15. The molecule has 15 heteroatoms. The van der Waals surface area contributed by atoms with Crippen molar-refractivity contribution in [3.05, 3.63) is 59.7 Å². The third-order valence-corrected chi connectivity index (χ3v) is 9.74. The summed E-state index contributed by atoms with van der Waals surface area (Å²) >= 11 is 0. The number of carbonyl (C=O) groups is 8. The minimum Gasteiger partial charge on any atom is -0.456 e. The molecule has 4 atom stereocenters. The first kappa shape index (κ1) is 42.1. The van der Waals surface area contributed by atoms with E-state index in [1.807, 2.05) is 0 Å². The van der Waals surface area contributed by atoms with Gasteiger partial charge in [-0.2, -0.15) is 0 Å². The molecular formula is C40H50N4O11. The van der Waals surface area contributed by atoms with Crippen molar-refractivity contribution < 1.29 is 52.6 Å². The Bertz CT molecular complexity index is 1760. The fourth-order valence-electron chi connectivity index (χ4n) is 6.67. The van der Waals surface area contributed by atoms with E-state index in [2.05, 4.69) is 15.4 Å². The lowest BCUT2D eigenvalue weighted by Crippen LogP contribution is -2.54. The lowest BCUT2D eigenvalue weighted by Gasteiger charge is -2.29. The lowest BCUT2D eigenvalue weighted by molar-refractivity contribution is -0.153. The third kappa shape index (κ3) is 10.8. The summed E-state index contributed by atoms with van der Waals surface area (Å²) < 4.78 is 15.3. The van der Waals surface area contributed by atoms with Gasteiger partial charge in [0, 0.05) is 31.1 Å². The lowest BCUT2D eigenvalue weighted by atomic mass is 10.0. The Hall–Kier alpha value is -5.60. The molecule has 55 heavy (non-hydrogen) atoms. The summed E-state index contributed by atoms with van der Waals surface area (Å²) in [6, 6.07) is 9.88. The second-order valence-electron chi connectivity index (χ2n) is 14.4. The van der Waals surface area contributed by atoms with Gasteiger partial charge in [-0.25, -0.2) is 14.4 Å². The molecule has 4 rings (SSSR count). The summed E-state index contributed by atoms with van der Waals surface area (Å²) in [7, 11) is 1.20. The van der Waals surface area contributed by atoms with Crippen LogP contribution in [0.25, 0.3) is 11.1 Å². The molecule has 2 aromatic rings. The molecule has 2 N–H and O–H groups in total. The van der Waals surface area contributed by atoms with Gasteiger partial charge in [0.25, 0.3) is 0 Å². The zero-order chi connectivity index (χ0) is 40.4. The Morgan fingerprint density at radius 3 is 1.36 bits per heavy atom.